The van der Waals surface area contributed by atoms with Crippen LogP contribution in [0.1, 0.15) is 18.1 Å². The van der Waals surface area contributed by atoms with Gasteiger partial charge in [-0.3, -0.25) is 4.79 Å². The molecule has 0 bridgehead atoms. The van der Waals surface area contributed by atoms with Crippen LogP contribution in [0.15, 0.2) is 18.2 Å². The molecule has 19 heavy (non-hydrogen) atoms. The van der Waals surface area contributed by atoms with Gasteiger partial charge in [0.05, 0.1) is 5.92 Å². The molecule has 0 spiro atoms. The fourth-order valence-electron chi connectivity index (χ4n) is 1.79. The predicted molar refractivity (Wildman–Crippen MR) is 74.4 cm³/mol. The number of nitrogens with one attached hydrogen (secondary N) is 1. The number of urea groups is 1. The van der Waals surface area contributed by atoms with Crippen LogP contribution in [0.25, 0.3) is 0 Å². The van der Waals surface area contributed by atoms with E-state index >= 15 is 0 Å². The van der Waals surface area contributed by atoms with Crippen molar-refractivity contribution in [2.45, 2.75) is 20.8 Å². The van der Waals surface area contributed by atoms with Crippen molar-refractivity contribution in [3.8, 4) is 0 Å². The first-order valence-corrected chi connectivity index (χ1v) is 6.14. The average molecular weight is 264 g/mol. The largest absolute Gasteiger partial charge is 0.481 e. The lowest BCUT2D eigenvalue weighted by atomic mass is 10.1. The minimum absolute atomic E-state index is 0.173. The molecule has 0 fully saturated rings. The zero-order valence-corrected chi connectivity index (χ0v) is 11.7. The molecule has 104 valence electrons. The molecule has 0 saturated heterocycles. The van der Waals surface area contributed by atoms with Crippen molar-refractivity contribution in [1.82, 2.24) is 4.90 Å². The quantitative estimate of drug-likeness (QED) is 0.877. The molecule has 0 aliphatic rings. The average Bonchev–Trinajstić information content (AvgIpc) is 2.33. The number of hydrogen-bond donors (Lipinski definition) is 2. The standard InChI is InChI=1S/C14H20N2O3/c1-9-6-5-7-10(2)12(9)15-14(19)16(4)8-11(3)13(17)18/h5-7,11H,8H2,1-4H3,(H,15,19)(H,17,18). The molecule has 1 aromatic rings. The first-order valence-electron chi connectivity index (χ1n) is 6.14. The van der Waals surface area contributed by atoms with Gasteiger partial charge in [-0.15, -0.1) is 0 Å². The smallest absolute Gasteiger partial charge is 0.321 e. The summed E-state index contributed by atoms with van der Waals surface area (Å²) >= 11 is 0. The van der Waals surface area contributed by atoms with E-state index in [-0.39, 0.29) is 12.6 Å². The predicted octanol–water partition coefficient (Wildman–Crippen LogP) is 2.49. The van der Waals surface area contributed by atoms with Gasteiger partial charge in [-0.2, -0.15) is 0 Å². The molecule has 0 heterocycles. The summed E-state index contributed by atoms with van der Waals surface area (Å²) in [6.07, 6.45) is 0. The Morgan fingerprint density at radius 3 is 2.32 bits per heavy atom. The summed E-state index contributed by atoms with van der Waals surface area (Å²) in [7, 11) is 1.59. The number of para-hydroxylation sites is 1. The molecule has 1 aromatic carbocycles. The Bertz CT molecular complexity index is 465. The summed E-state index contributed by atoms with van der Waals surface area (Å²) in [4.78, 5) is 24.1. The summed E-state index contributed by atoms with van der Waals surface area (Å²) in [6, 6.07) is 5.46. The van der Waals surface area contributed by atoms with Crippen LogP contribution in [0, 0.1) is 19.8 Å². The van der Waals surface area contributed by atoms with Crippen LogP contribution in [0.4, 0.5) is 10.5 Å². The number of rotatable bonds is 4. The van der Waals surface area contributed by atoms with E-state index in [1.54, 1.807) is 14.0 Å². The third kappa shape index (κ3) is 3.98. The van der Waals surface area contributed by atoms with Crippen molar-refractivity contribution < 1.29 is 14.7 Å². The topological polar surface area (TPSA) is 69.6 Å². The Morgan fingerprint density at radius 1 is 1.32 bits per heavy atom. The fourth-order valence-corrected chi connectivity index (χ4v) is 1.79. The van der Waals surface area contributed by atoms with E-state index in [0.717, 1.165) is 16.8 Å². The van der Waals surface area contributed by atoms with Crippen molar-refractivity contribution in [2.24, 2.45) is 5.92 Å². The third-order valence-corrected chi connectivity index (χ3v) is 3.03. The number of carboxylic acids is 1. The Hall–Kier alpha value is -2.04. The number of amides is 2. The summed E-state index contributed by atoms with van der Waals surface area (Å²) in [5.74, 6) is -1.50. The lowest BCUT2D eigenvalue weighted by Gasteiger charge is -2.21. The van der Waals surface area contributed by atoms with Crippen molar-refractivity contribution in [1.29, 1.82) is 0 Å². The molecule has 1 atom stereocenters. The van der Waals surface area contributed by atoms with E-state index in [0.29, 0.717) is 0 Å². The molecule has 5 heteroatoms. The van der Waals surface area contributed by atoms with Crippen LogP contribution >= 0.6 is 0 Å². The maximum absolute atomic E-state index is 12.0. The second-order valence-corrected chi connectivity index (χ2v) is 4.82. The lowest BCUT2D eigenvalue weighted by molar-refractivity contribution is -0.141. The van der Waals surface area contributed by atoms with Gasteiger partial charge in [0, 0.05) is 19.3 Å². The van der Waals surface area contributed by atoms with Crippen LogP contribution in [0.3, 0.4) is 0 Å². The number of carbonyl (C=O) groups is 2. The highest BCUT2D eigenvalue weighted by molar-refractivity contribution is 5.91. The number of anilines is 1. The first kappa shape index (κ1) is 15.0. The second kappa shape index (κ2) is 6.22. The number of benzene rings is 1. The van der Waals surface area contributed by atoms with Crippen LogP contribution in [0.2, 0.25) is 0 Å². The van der Waals surface area contributed by atoms with Crippen molar-refractivity contribution in [2.75, 3.05) is 18.9 Å². The van der Waals surface area contributed by atoms with Gasteiger partial charge < -0.3 is 15.3 Å². The second-order valence-electron chi connectivity index (χ2n) is 4.82. The van der Waals surface area contributed by atoms with Gasteiger partial charge in [0.2, 0.25) is 0 Å². The van der Waals surface area contributed by atoms with Gasteiger partial charge in [0.15, 0.2) is 0 Å². The summed E-state index contributed by atoms with van der Waals surface area (Å²) in [5, 5.41) is 11.6. The van der Waals surface area contributed by atoms with Crippen molar-refractivity contribution >= 4 is 17.7 Å². The van der Waals surface area contributed by atoms with Crippen LogP contribution in [-0.2, 0) is 4.79 Å². The molecule has 2 amide bonds. The van der Waals surface area contributed by atoms with Gasteiger partial charge in [-0.25, -0.2) is 4.79 Å². The van der Waals surface area contributed by atoms with E-state index in [9.17, 15) is 9.59 Å². The van der Waals surface area contributed by atoms with Gasteiger partial charge in [-0.05, 0) is 25.0 Å². The fraction of sp³-hybridized carbons (Fsp3) is 0.429. The molecular weight excluding hydrogens is 244 g/mol. The molecule has 5 nitrogen and oxygen atoms in total. The Kier molecular flexibility index (Phi) is 4.92. The number of hydrogen-bond acceptors (Lipinski definition) is 2. The molecule has 0 saturated carbocycles. The highest BCUT2D eigenvalue weighted by Gasteiger charge is 2.18. The third-order valence-electron chi connectivity index (χ3n) is 3.03. The number of carboxylic acid groups (broad SMARTS) is 1. The summed E-state index contributed by atoms with van der Waals surface area (Å²) < 4.78 is 0. The van der Waals surface area contributed by atoms with Gasteiger partial charge in [0.25, 0.3) is 0 Å². The maximum atomic E-state index is 12.0. The molecule has 1 unspecified atom stereocenters. The molecule has 0 aromatic heterocycles. The van der Waals surface area contributed by atoms with E-state index < -0.39 is 11.9 Å². The summed E-state index contributed by atoms with van der Waals surface area (Å²) in [6.45, 7) is 5.59. The molecule has 1 rings (SSSR count). The van der Waals surface area contributed by atoms with E-state index in [4.69, 9.17) is 5.11 Å². The van der Waals surface area contributed by atoms with Crippen molar-refractivity contribution in [3.05, 3.63) is 29.3 Å². The minimum atomic E-state index is -0.910. The normalized spacial score (nSPS) is 11.8. The first-order chi connectivity index (χ1) is 8.82. The van der Waals surface area contributed by atoms with Crippen molar-refractivity contribution in [3.63, 3.8) is 0 Å². The molecule has 0 radical (unpaired) electrons. The zero-order chi connectivity index (χ0) is 14.6. The maximum Gasteiger partial charge on any atom is 0.321 e. The Morgan fingerprint density at radius 2 is 1.84 bits per heavy atom. The van der Waals surface area contributed by atoms with E-state index in [1.807, 2.05) is 32.0 Å². The molecular formula is C14H20N2O3. The van der Waals surface area contributed by atoms with E-state index in [2.05, 4.69) is 5.32 Å². The highest BCUT2D eigenvalue weighted by atomic mass is 16.4. The monoisotopic (exact) mass is 264 g/mol. The van der Waals surface area contributed by atoms with E-state index in [1.165, 1.54) is 4.90 Å². The molecule has 0 aliphatic carbocycles. The lowest BCUT2D eigenvalue weighted by Crippen LogP contribution is -2.36. The molecule has 2 N–H and O–H groups in total. The minimum Gasteiger partial charge on any atom is -0.481 e. The van der Waals surface area contributed by atoms with Crippen LogP contribution in [-0.4, -0.2) is 35.6 Å². The zero-order valence-electron chi connectivity index (χ0n) is 11.7. The Balaban J connectivity index is 2.72. The highest BCUT2D eigenvalue weighted by Crippen LogP contribution is 2.19. The number of nitrogens with zero attached hydrogens (tertiary/aromatic N) is 1. The van der Waals surface area contributed by atoms with Gasteiger partial charge in [0.1, 0.15) is 0 Å². The number of aliphatic carboxylic acids is 1. The number of carbonyl (C=O) groups excluding carboxylic acids is 1. The van der Waals surface area contributed by atoms with Crippen LogP contribution < -0.4 is 5.32 Å². The van der Waals surface area contributed by atoms with Gasteiger partial charge >= 0.3 is 12.0 Å². The van der Waals surface area contributed by atoms with Gasteiger partial charge in [-0.1, -0.05) is 25.1 Å². The number of aryl methyl sites for hydroxylation is 2. The van der Waals surface area contributed by atoms with Crippen LogP contribution in [0.5, 0.6) is 0 Å². The Labute approximate surface area is 113 Å². The molecule has 0 aliphatic heterocycles. The SMILES string of the molecule is Cc1cccc(C)c1NC(=O)N(C)CC(C)C(=O)O. The summed E-state index contributed by atoms with van der Waals surface area (Å²) in [5.41, 5.74) is 2.74.